The first-order valence-corrected chi connectivity index (χ1v) is 9.71. The number of carbonyl (C=O) groups is 1. The molecule has 3 rings (SSSR count). The quantitative estimate of drug-likeness (QED) is 0.609. The van der Waals surface area contributed by atoms with E-state index >= 15 is 0 Å². The molecule has 0 N–H and O–H groups in total. The molecule has 3 aliphatic rings. The predicted molar refractivity (Wildman–Crippen MR) is 98.5 cm³/mol. The molecule has 2 nitrogen and oxygen atoms in total. The van der Waals surface area contributed by atoms with E-state index in [1.165, 1.54) is 19.3 Å². The van der Waals surface area contributed by atoms with Crippen LogP contribution in [0.4, 0.5) is 0 Å². The zero-order valence-corrected chi connectivity index (χ0v) is 16.3. The molecule has 0 radical (unpaired) electrons. The Morgan fingerprint density at radius 3 is 2.58 bits per heavy atom. The normalized spacial score (nSPS) is 37.9. The topological polar surface area (TPSA) is 26.3 Å². The van der Waals surface area contributed by atoms with Crippen LogP contribution in [0.1, 0.15) is 73.6 Å². The third kappa shape index (κ3) is 2.97. The Balaban J connectivity index is 1.94. The van der Waals surface area contributed by atoms with Gasteiger partial charge >= 0.3 is 5.97 Å². The van der Waals surface area contributed by atoms with Crippen molar-refractivity contribution in [3.8, 4) is 0 Å². The lowest BCUT2D eigenvalue weighted by molar-refractivity contribution is -0.161. The number of allylic oxidation sites excluding steroid dienone is 4. The number of ether oxygens (including phenoxy) is 1. The van der Waals surface area contributed by atoms with E-state index in [1.807, 2.05) is 0 Å². The fourth-order valence-electron chi connectivity index (χ4n) is 6.10. The maximum atomic E-state index is 11.5. The van der Waals surface area contributed by atoms with E-state index in [-0.39, 0.29) is 22.9 Å². The van der Waals surface area contributed by atoms with Gasteiger partial charge in [-0.3, -0.25) is 4.79 Å². The molecule has 3 aliphatic carbocycles. The smallest absolute Gasteiger partial charge is 0.302 e. The van der Waals surface area contributed by atoms with Gasteiger partial charge < -0.3 is 4.74 Å². The van der Waals surface area contributed by atoms with Crippen molar-refractivity contribution >= 4 is 5.97 Å². The summed E-state index contributed by atoms with van der Waals surface area (Å²) in [7, 11) is 0. The van der Waals surface area contributed by atoms with Gasteiger partial charge in [0, 0.05) is 6.92 Å². The number of esters is 1. The number of carbonyl (C=O) groups excluding carboxylic acids is 1. The van der Waals surface area contributed by atoms with E-state index in [0.717, 1.165) is 12.8 Å². The monoisotopic (exact) mass is 330 g/mol. The molecule has 4 atom stereocenters. The molecule has 0 heterocycles. The van der Waals surface area contributed by atoms with Gasteiger partial charge in [0.2, 0.25) is 0 Å². The van der Waals surface area contributed by atoms with Gasteiger partial charge in [-0.25, -0.2) is 0 Å². The average molecular weight is 331 g/mol. The van der Waals surface area contributed by atoms with Crippen molar-refractivity contribution in [3.63, 3.8) is 0 Å². The van der Waals surface area contributed by atoms with Gasteiger partial charge in [-0.1, -0.05) is 52.3 Å². The molecule has 0 aliphatic heterocycles. The summed E-state index contributed by atoms with van der Waals surface area (Å²) in [4.78, 5) is 11.5. The lowest BCUT2D eigenvalue weighted by Gasteiger charge is -2.59. The summed E-state index contributed by atoms with van der Waals surface area (Å²) in [5.74, 6) is 1.82. The molecule has 0 aromatic carbocycles. The van der Waals surface area contributed by atoms with Crippen LogP contribution in [0.25, 0.3) is 0 Å². The van der Waals surface area contributed by atoms with Gasteiger partial charge in [0.15, 0.2) is 0 Å². The third-order valence-corrected chi connectivity index (χ3v) is 7.10. The van der Waals surface area contributed by atoms with Crippen LogP contribution < -0.4 is 0 Å². The summed E-state index contributed by atoms with van der Waals surface area (Å²) in [6, 6.07) is 0. The van der Waals surface area contributed by atoms with E-state index in [1.54, 1.807) is 18.1 Å². The van der Waals surface area contributed by atoms with Crippen LogP contribution in [-0.4, -0.2) is 12.1 Å². The molecular formula is C22H34O2. The SMILES string of the molecule is CC(=O)O[C@H]1CC(C)(C)[C@H]2CC=C3C=C(C(C)C)CC[C@H]3[C@@]2(C)C1. The van der Waals surface area contributed by atoms with E-state index in [0.29, 0.717) is 17.8 Å². The standard InChI is InChI=1S/C22H34O2/c1-14(2)16-7-9-19-17(11-16)8-10-20-21(4,5)12-18(24-15(3)23)13-22(19,20)6/h8,11,14,18-20H,7,9-10,12-13H2,1-6H3/t18-,19+,20+,22+/m0/s1. The van der Waals surface area contributed by atoms with E-state index < -0.39 is 0 Å². The van der Waals surface area contributed by atoms with Crippen molar-refractivity contribution in [2.75, 3.05) is 0 Å². The van der Waals surface area contributed by atoms with Crippen molar-refractivity contribution in [2.45, 2.75) is 79.8 Å². The number of rotatable bonds is 2. The first-order valence-electron chi connectivity index (χ1n) is 9.71. The predicted octanol–water partition coefficient (Wildman–Crippen LogP) is 5.68. The molecule has 134 valence electrons. The van der Waals surface area contributed by atoms with Gasteiger partial charge in [0.25, 0.3) is 0 Å². The van der Waals surface area contributed by atoms with Crippen molar-refractivity contribution < 1.29 is 9.53 Å². The Morgan fingerprint density at radius 1 is 1.25 bits per heavy atom. The Kier molecular flexibility index (Phi) is 4.47. The van der Waals surface area contributed by atoms with Crippen molar-refractivity contribution in [2.24, 2.45) is 28.6 Å². The molecule has 2 heteroatoms. The molecule has 0 unspecified atom stereocenters. The molecule has 0 saturated heterocycles. The number of hydrogen-bond acceptors (Lipinski definition) is 2. The molecule has 1 fully saturated rings. The maximum Gasteiger partial charge on any atom is 0.302 e. The summed E-state index contributed by atoms with van der Waals surface area (Å²) in [5.41, 5.74) is 3.62. The summed E-state index contributed by atoms with van der Waals surface area (Å²) in [6.45, 7) is 13.4. The van der Waals surface area contributed by atoms with Gasteiger partial charge in [-0.05, 0) is 66.3 Å². The second-order valence-electron chi connectivity index (χ2n) is 9.59. The number of hydrogen-bond donors (Lipinski definition) is 0. The van der Waals surface area contributed by atoms with Gasteiger partial charge in [0.1, 0.15) is 6.10 Å². The lowest BCUT2D eigenvalue weighted by atomic mass is 9.47. The van der Waals surface area contributed by atoms with Gasteiger partial charge in [0.05, 0.1) is 0 Å². The van der Waals surface area contributed by atoms with Crippen molar-refractivity contribution in [3.05, 3.63) is 23.3 Å². The first-order chi connectivity index (χ1) is 11.1. The minimum Gasteiger partial charge on any atom is -0.463 e. The van der Waals surface area contributed by atoms with Crippen LogP contribution in [0, 0.1) is 28.6 Å². The van der Waals surface area contributed by atoms with Crippen LogP contribution in [0.15, 0.2) is 23.3 Å². The van der Waals surface area contributed by atoms with Crippen LogP contribution in [-0.2, 0) is 9.53 Å². The Bertz CT molecular complexity index is 581. The summed E-state index contributed by atoms with van der Waals surface area (Å²) < 4.78 is 5.71. The summed E-state index contributed by atoms with van der Waals surface area (Å²) in [6.07, 6.45) is 10.8. The highest BCUT2D eigenvalue weighted by Gasteiger charge is 2.55. The highest BCUT2D eigenvalue weighted by Crippen LogP contribution is 2.62. The molecular weight excluding hydrogens is 296 g/mol. The van der Waals surface area contributed by atoms with E-state index in [9.17, 15) is 4.79 Å². The Morgan fingerprint density at radius 2 is 1.96 bits per heavy atom. The molecule has 24 heavy (non-hydrogen) atoms. The zero-order valence-electron chi connectivity index (χ0n) is 16.3. The first kappa shape index (κ1) is 17.8. The van der Waals surface area contributed by atoms with Crippen LogP contribution >= 0.6 is 0 Å². The molecule has 0 bridgehead atoms. The molecule has 0 amide bonds. The minimum absolute atomic E-state index is 0.0774. The summed E-state index contributed by atoms with van der Waals surface area (Å²) >= 11 is 0. The van der Waals surface area contributed by atoms with Crippen LogP contribution in [0.5, 0.6) is 0 Å². The average Bonchev–Trinajstić information content (AvgIpc) is 2.44. The van der Waals surface area contributed by atoms with Crippen LogP contribution in [0.2, 0.25) is 0 Å². The fourth-order valence-corrected chi connectivity index (χ4v) is 6.10. The largest absolute Gasteiger partial charge is 0.463 e. The zero-order chi connectivity index (χ0) is 17.7. The van der Waals surface area contributed by atoms with Crippen molar-refractivity contribution in [1.29, 1.82) is 0 Å². The van der Waals surface area contributed by atoms with Crippen LogP contribution in [0.3, 0.4) is 0 Å². The third-order valence-electron chi connectivity index (χ3n) is 7.10. The Labute approximate surface area is 147 Å². The van der Waals surface area contributed by atoms with Gasteiger partial charge in [-0.15, -0.1) is 0 Å². The second-order valence-corrected chi connectivity index (χ2v) is 9.59. The lowest BCUT2D eigenvalue weighted by Crippen LogP contribution is -2.53. The number of fused-ring (bicyclic) bond motifs is 3. The van der Waals surface area contributed by atoms with Gasteiger partial charge in [-0.2, -0.15) is 0 Å². The Hall–Kier alpha value is -1.05. The molecule has 1 saturated carbocycles. The van der Waals surface area contributed by atoms with E-state index in [4.69, 9.17) is 4.74 Å². The van der Waals surface area contributed by atoms with Crippen molar-refractivity contribution in [1.82, 2.24) is 0 Å². The molecule has 0 aromatic heterocycles. The minimum atomic E-state index is -0.130. The summed E-state index contributed by atoms with van der Waals surface area (Å²) in [5, 5.41) is 0. The molecule has 0 aromatic rings. The maximum absolute atomic E-state index is 11.5. The second kappa shape index (κ2) is 6.04. The van der Waals surface area contributed by atoms with E-state index in [2.05, 4.69) is 46.8 Å². The molecule has 0 spiro atoms. The highest BCUT2D eigenvalue weighted by molar-refractivity contribution is 5.66. The highest BCUT2D eigenvalue weighted by atomic mass is 16.5. The fraction of sp³-hybridized carbons (Fsp3) is 0.773.